The van der Waals surface area contributed by atoms with Crippen molar-refractivity contribution < 1.29 is 5.11 Å². The Labute approximate surface area is 80.5 Å². The van der Waals surface area contributed by atoms with Crippen LogP contribution in [0.3, 0.4) is 0 Å². The molecule has 1 aromatic rings. The van der Waals surface area contributed by atoms with Gasteiger partial charge < -0.3 is 5.11 Å². The highest BCUT2D eigenvalue weighted by Crippen LogP contribution is 2.48. The van der Waals surface area contributed by atoms with Gasteiger partial charge in [-0.15, -0.1) is 0 Å². The summed E-state index contributed by atoms with van der Waals surface area (Å²) in [6.45, 7) is 0.325. The minimum atomic E-state index is 0.325. The van der Waals surface area contributed by atoms with Crippen molar-refractivity contribution in [2.75, 3.05) is 6.61 Å². The van der Waals surface area contributed by atoms with Crippen molar-refractivity contribution in [2.45, 2.75) is 12.3 Å². The van der Waals surface area contributed by atoms with E-state index in [1.807, 2.05) is 12.1 Å². The predicted octanol–water partition coefficient (Wildman–Crippen LogP) is 2.54. The SMILES string of the molecule is OC[C@@H]1C[C@H]1c1ccccc1Br. The average Bonchev–Trinajstić information content (AvgIpc) is 2.84. The summed E-state index contributed by atoms with van der Waals surface area (Å²) in [6.07, 6.45) is 1.14. The summed E-state index contributed by atoms with van der Waals surface area (Å²) in [5, 5.41) is 8.91. The van der Waals surface area contributed by atoms with E-state index in [2.05, 4.69) is 28.1 Å². The smallest absolute Gasteiger partial charge is 0.0465 e. The molecular weight excluding hydrogens is 216 g/mol. The molecule has 0 bridgehead atoms. The monoisotopic (exact) mass is 226 g/mol. The lowest BCUT2D eigenvalue weighted by Gasteiger charge is -2.01. The molecular formula is C10H11BrO. The number of benzene rings is 1. The molecule has 2 rings (SSSR count). The van der Waals surface area contributed by atoms with E-state index in [0.29, 0.717) is 18.4 Å². The standard InChI is InChI=1S/C10H11BrO/c11-10-4-2-1-3-8(10)9-5-7(9)6-12/h1-4,7,9,12H,5-6H2/t7-,9+/m0/s1. The lowest BCUT2D eigenvalue weighted by Crippen LogP contribution is -1.89. The Morgan fingerprint density at radius 2 is 2.17 bits per heavy atom. The first-order valence-corrected chi connectivity index (χ1v) is 4.97. The van der Waals surface area contributed by atoms with Crippen LogP contribution in [-0.2, 0) is 0 Å². The lowest BCUT2D eigenvalue weighted by molar-refractivity contribution is 0.274. The van der Waals surface area contributed by atoms with E-state index in [4.69, 9.17) is 5.11 Å². The minimum Gasteiger partial charge on any atom is -0.396 e. The van der Waals surface area contributed by atoms with E-state index in [1.165, 1.54) is 10.0 Å². The summed E-state index contributed by atoms with van der Waals surface area (Å²) in [6, 6.07) is 8.25. The first kappa shape index (κ1) is 8.27. The second-order valence-corrected chi connectivity index (χ2v) is 4.16. The van der Waals surface area contributed by atoms with Gasteiger partial charge in [0.1, 0.15) is 0 Å². The zero-order valence-corrected chi connectivity index (χ0v) is 8.29. The largest absolute Gasteiger partial charge is 0.396 e. The Hall–Kier alpha value is -0.340. The van der Waals surface area contributed by atoms with Gasteiger partial charge in [-0.2, -0.15) is 0 Å². The van der Waals surface area contributed by atoms with Crippen LogP contribution in [-0.4, -0.2) is 11.7 Å². The molecule has 0 radical (unpaired) electrons. The number of hydrogen-bond donors (Lipinski definition) is 1. The van der Waals surface area contributed by atoms with Gasteiger partial charge in [-0.1, -0.05) is 34.1 Å². The topological polar surface area (TPSA) is 20.2 Å². The highest BCUT2D eigenvalue weighted by Gasteiger charge is 2.38. The predicted molar refractivity (Wildman–Crippen MR) is 52.1 cm³/mol. The fraction of sp³-hybridized carbons (Fsp3) is 0.400. The molecule has 0 spiro atoms. The molecule has 64 valence electrons. The zero-order valence-electron chi connectivity index (χ0n) is 6.70. The van der Waals surface area contributed by atoms with Crippen LogP contribution in [0.2, 0.25) is 0 Å². The van der Waals surface area contributed by atoms with Gasteiger partial charge in [-0.3, -0.25) is 0 Å². The van der Waals surface area contributed by atoms with Gasteiger partial charge >= 0.3 is 0 Å². The van der Waals surface area contributed by atoms with E-state index in [9.17, 15) is 0 Å². The molecule has 2 atom stereocenters. The van der Waals surface area contributed by atoms with E-state index in [0.717, 1.165) is 6.42 Å². The van der Waals surface area contributed by atoms with Gasteiger partial charge in [0.05, 0.1) is 0 Å². The highest BCUT2D eigenvalue weighted by atomic mass is 79.9. The Morgan fingerprint density at radius 1 is 1.42 bits per heavy atom. The Balaban J connectivity index is 2.19. The molecule has 0 saturated heterocycles. The number of rotatable bonds is 2. The third-order valence-electron chi connectivity index (χ3n) is 2.46. The summed E-state index contributed by atoms with van der Waals surface area (Å²) in [5.41, 5.74) is 1.34. The lowest BCUT2D eigenvalue weighted by atomic mass is 10.1. The minimum absolute atomic E-state index is 0.325. The maximum atomic E-state index is 8.91. The van der Waals surface area contributed by atoms with Crippen molar-refractivity contribution in [3.05, 3.63) is 34.3 Å². The van der Waals surface area contributed by atoms with Gasteiger partial charge in [0.25, 0.3) is 0 Å². The number of halogens is 1. The number of aliphatic hydroxyl groups excluding tert-OH is 1. The maximum absolute atomic E-state index is 8.91. The van der Waals surface area contributed by atoms with Crippen LogP contribution >= 0.6 is 15.9 Å². The second kappa shape index (κ2) is 3.19. The average molecular weight is 227 g/mol. The van der Waals surface area contributed by atoms with Gasteiger partial charge in [-0.05, 0) is 29.9 Å². The third kappa shape index (κ3) is 1.41. The molecule has 1 saturated carbocycles. The van der Waals surface area contributed by atoms with Crippen LogP contribution < -0.4 is 0 Å². The van der Waals surface area contributed by atoms with Crippen LogP contribution in [0, 0.1) is 5.92 Å². The molecule has 1 aliphatic carbocycles. The second-order valence-electron chi connectivity index (χ2n) is 3.31. The quantitative estimate of drug-likeness (QED) is 0.823. The first-order valence-electron chi connectivity index (χ1n) is 4.18. The fourth-order valence-corrected chi connectivity index (χ4v) is 2.18. The molecule has 1 nitrogen and oxygen atoms in total. The summed E-state index contributed by atoms with van der Waals surface area (Å²) in [5.74, 6) is 1.09. The Morgan fingerprint density at radius 3 is 2.75 bits per heavy atom. The van der Waals surface area contributed by atoms with Gasteiger partial charge in [0.2, 0.25) is 0 Å². The highest BCUT2D eigenvalue weighted by molar-refractivity contribution is 9.10. The van der Waals surface area contributed by atoms with Crippen LogP contribution in [0.25, 0.3) is 0 Å². The van der Waals surface area contributed by atoms with Crippen LogP contribution in [0.1, 0.15) is 17.9 Å². The molecule has 12 heavy (non-hydrogen) atoms. The fourth-order valence-electron chi connectivity index (χ4n) is 1.61. The normalized spacial score (nSPS) is 27.2. The molecule has 0 heterocycles. The van der Waals surface area contributed by atoms with Gasteiger partial charge in [0, 0.05) is 11.1 Å². The van der Waals surface area contributed by atoms with E-state index < -0.39 is 0 Å². The van der Waals surface area contributed by atoms with E-state index >= 15 is 0 Å². The third-order valence-corrected chi connectivity index (χ3v) is 3.18. The van der Waals surface area contributed by atoms with Crippen molar-refractivity contribution >= 4 is 15.9 Å². The summed E-state index contributed by atoms with van der Waals surface area (Å²) >= 11 is 3.51. The van der Waals surface area contributed by atoms with Crippen LogP contribution in [0.5, 0.6) is 0 Å². The molecule has 1 fully saturated rings. The van der Waals surface area contributed by atoms with Crippen molar-refractivity contribution in [3.8, 4) is 0 Å². The molecule has 0 aliphatic heterocycles. The number of aliphatic hydroxyl groups is 1. The molecule has 1 aromatic carbocycles. The zero-order chi connectivity index (χ0) is 8.55. The molecule has 0 unspecified atom stereocenters. The van der Waals surface area contributed by atoms with Crippen LogP contribution in [0.4, 0.5) is 0 Å². The van der Waals surface area contributed by atoms with Crippen molar-refractivity contribution in [1.82, 2.24) is 0 Å². The first-order chi connectivity index (χ1) is 5.83. The van der Waals surface area contributed by atoms with Gasteiger partial charge in [-0.25, -0.2) is 0 Å². The maximum Gasteiger partial charge on any atom is 0.0465 e. The van der Waals surface area contributed by atoms with E-state index in [1.54, 1.807) is 0 Å². The Bertz CT molecular complexity index is 285. The molecule has 1 aliphatic rings. The molecule has 2 heteroatoms. The molecule has 0 aromatic heterocycles. The van der Waals surface area contributed by atoms with Crippen LogP contribution in [0.15, 0.2) is 28.7 Å². The number of hydrogen-bond acceptors (Lipinski definition) is 1. The summed E-state index contributed by atoms with van der Waals surface area (Å²) in [4.78, 5) is 0. The van der Waals surface area contributed by atoms with Crippen molar-refractivity contribution in [1.29, 1.82) is 0 Å². The Kier molecular flexibility index (Phi) is 2.20. The van der Waals surface area contributed by atoms with Crippen molar-refractivity contribution in [2.24, 2.45) is 5.92 Å². The summed E-state index contributed by atoms with van der Waals surface area (Å²) in [7, 11) is 0. The van der Waals surface area contributed by atoms with Gasteiger partial charge in [0.15, 0.2) is 0 Å². The molecule has 1 N–H and O–H groups in total. The molecule has 0 amide bonds. The van der Waals surface area contributed by atoms with Crippen molar-refractivity contribution in [3.63, 3.8) is 0 Å². The summed E-state index contributed by atoms with van der Waals surface area (Å²) < 4.78 is 1.17. The van der Waals surface area contributed by atoms with E-state index in [-0.39, 0.29) is 0 Å².